The Balaban J connectivity index is 1.35. The summed E-state index contributed by atoms with van der Waals surface area (Å²) in [6, 6.07) is 11.6. The summed E-state index contributed by atoms with van der Waals surface area (Å²) in [5, 5.41) is 14.2. The summed E-state index contributed by atoms with van der Waals surface area (Å²) < 4.78 is 38.8. The molecule has 1 aliphatic carbocycles. The Morgan fingerprint density at radius 3 is 2.28 bits per heavy atom. The van der Waals surface area contributed by atoms with E-state index in [-0.39, 0.29) is 6.42 Å². The van der Waals surface area contributed by atoms with E-state index in [4.69, 9.17) is 5.11 Å². The number of aliphatic carboxylic acids is 1. The van der Waals surface area contributed by atoms with Gasteiger partial charge in [-0.3, -0.25) is 9.78 Å². The van der Waals surface area contributed by atoms with Crippen LogP contribution in [0.25, 0.3) is 0 Å². The van der Waals surface area contributed by atoms with Crippen LogP contribution in [0.15, 0.2) is 54.5 Å². The molecule has 32 heavy (non-hydrogen) atoms. The molecule has 1 unspecified atom stereocenters. The summed E-state index contributed by atoms with van der Waals surface area (Å²) in [6.07, 6.45) is 2.24. The second-order valence-electron chi connectivity index (χ2n) is 8.78. The quantitative estimate of drug-likeness (QED) is 0.609. The number of alkyl halides is 3. The van der Waals surface area contributed by atoms with E-state index in [0.717, 1.165) is 43.1 Å². The van der Waals surface area contributed by atoms with Gasteiger partial charge in [0, 0.05) is 29.6 Å². The Morgan fingerprint density at radius 2 is 1.75 bits per heavy atom. The first kappa shape index (κ1) is 22.2. The van der Waals surface area contributed by atoms with E-state index in [1.54, 1.807) is 13.1 Å². The van der Waals surface area contributed by atoms with Crippen LogP contribution in [-0.2, 0) is 16.9 Å². The number of carboxylic acids is 1. The van der Waals surface area contributed by atoms with E-state index in [9.17, 15) is 18.0 Å². The van der Waals surface area contributed by atoms with Crippen LogP contribution in [0.4, 0.5) is 13.2 Å². The molecule has 3 N–H and O–H groups in total. The standard InChI is InChI=1S/C24H26F3N3O2/c1-23(29-14-21(30-23)24(25,26)27)19-10-11-20(28-13-19)18-8-6-17(7-9-18)16-4-2-15(3-5-16)12-22(31)32/h2-5,10-11,13-14,17-18,29-30H,6-9,12H2,1H3,(H,31,32). The van der Waals surface area contributed by atoms with Crippen molar-refractivity contribution in [2.75, 3.05) is 0 Å². The van der Waals surface area contributed by atoms with E-state index in [1.807, 2.05) is 36.4 Å². The summed E-state index contributed by atoms with van der Waals surface area (Å²) >= 11 is 0. The maximum absolute atomic E-state index is 12.9. The third-order valence-electron chi connectivity index (χ3n) is 6.51. The summed E-state index contributed by atoms with van der Waals surface area (Å²) in [6.45, 7) is 1.66. The fourth-order valence-corrected chi connectivity index (χ4v) is 4.61. The molecule has 2 aliphatic rings. The second kappa shape index (κ2) is 8.48. The zero-order valence-corrected chi connectivity index (χ0v) is 17.7. The Bertz CT molecular complexity index is 995. The highest BCUT2D eigenvalue weighted by molar-refractivity contribution is 5.70. The van der Waals surface area contributed by atoms with Gasteiger partial charge in [-0.1, -0.05) is 30.3 Å². The lowest BCUT2D eigenvalue weighted by molar-refractivity contribution is -0.136. The van der Waals surface area contributed by atoms with Gasteiger partial charge in [0.25, 0.3) is 0 Å². The topological polar surface area (TPSA) is 74.2 Å². The number of halogens is 3. The van der Waals surface area contributed by atoms with Gasteiger partial charge in [0.05, 0.1) is 6.42 Å². The molecule has 2 heterocycles. The average Bonchev–Trinajstić information content (AvgIpc) is 3.18. The lowest BCUT2D eigenvalue weighted by atomic mass is 9.77. The van der Waals surface area contributed by atoms with Gasteiger partial charge in [0.2, 0.25) is 0 Å². The fraction of sp³-hybridized carbons (Fsp3) is 0.417. The fourth-order valence-electron chi connectivity index (χ4n) is 4.61. The predicted molar refractivity (Wildman–Crippen MR) is 114 cm³/mol. The Morgan fingerprint density at radius 1 is 1.09 bits per heavy atom. The lowest BCUT2D eigenvalue weighted by Crippen LogP contribution is -2.45. The summed E-state index contributed by atoms with van der Waals surface area (Å²) in [5.74, 6) is -0.0582. The van der Waals surface area contributed by atoms with Crippen LogP contribution in [0.1, 0.15) is 66.8 Å². The molecule has 1 aromatic heterocycles. The molecule has 0 bridgehead atoms. The number of benzene rings is 1. The van der Waals surface area contributed by atoms with E-state index in [1.165, 1.54) is 5.56 Å². The number of aromatic nitrogens is 1. The van der Waals surface area contributed by atoms with E-state index >= 15 is 0 Å². The van der Waals surface area contributed by atoms with Crippen LogP contribution in [0, 0.1) is 0 Å². The normalized spacial score (nSPS) is 25.6. The minimum atomic E-state index is -4.42. The van der Waals surface area contributed by atoms with Gasteiger partial charge in [-0.25, -0.2) is 0 Å². The minimum Gasteiger partial charge on any atom is -0.481 e. The van der Waals surface area contributed by atoms with Crippen molar-refractivity contribution in [3.63, 3.8) is 0 Å². The zero-order chi connectivity index (χ0) is 22.9. The van der Waals surface area contributed by atoms with Crippen molar-refractivity contribution in [3.8, 4) is 0 Å². The number of nitrogens with zero attached hydrogens (tertiary/aromatic N) is 1. The van der Waals surface area contributed by atoms with Crippen LogP contribution in [0.2, 0.25) is 0 Å². The highest BCUT2D eigenvalue weighted by Gasteiger charge is 2.43. The SMILES string of the molecule is CC1(c2ccc(C3CCC(c4ccc(CC(=O)O)cc4)CC3)nc2)NC=C(C(F)(F)F)N1. The smallest absolute Gasteiger partial charge is 0.432 e. The Kier molecular flexibility index (Phi) is 5.88. The number of rotatable bonds is 5. The molecule has 0 spiro atoms. The molecule has 0 saturated heterocycles. The molecular weight excluding hydrogens is 419 g/mol. The molecule has 1 aromatic carbocycles. The number of hydrogen-bond donors (Lipinski definition) is 3. The lowest BCUT2D eigenvalue weighted by Gasteiger charge is -2.30. The third kappa shape index (κ3) is 4.74. The van der Waals surface area contributed by atoms with Crippen molar-refractivity contribution >= 4 is 5.97 Å². The molecule has 170 valence electrons. The van der Waals surface area contributed by atoms with Crippen molar-refractivity contribution in [3.05, 3.63) is 76.9 Å². The Hall–Kier alpha value is -3.03. The van der Waals surface area contributed by atoms with E-state index in [0.29, 0.717) is 17.4 Å². The highest BCUT2D eigenvalue weighted by atomic mass is 19.4. The van der Waals surface area contributed by atoms with Gasteiger partial charge in [0.15, 0.2) is 0 Å². The maximum Gasteiger partial charge on any atom is 0.432 e. The van der Waals surface area contributed by atoms with Gasteiger partial charge in [-0.05, 0) is 55.7 Å². The average molecular weight is 445 g/mol. The van der Waals surface area contributed by atoms with Gasteiger partial charge in [0.1, 0.15) is 11.4 Å². The summed E-state index contributed by atoms with van der Waals surface area (Å²) in [7, 11) is 0. The van der Waals surface area contributed by atoms with Gasteiger partial charge >= 0.3 is 12.1 Å². The molecule has 1 saturated carbocycles. The molecule has 1 fully saturated rings. The number of allylic oxidation sites excluding steroid dienone is 1. The predicted octanol–water partition coefficient (Wildman–Crippen LogP) is 4.92. The second-order valence-corrected chi connectivity index (χ2v) is 8.78. The van der Waals surface area contributed by atoms with E-state index < -0.39 is 23.5 Å². The van der Waals surface area contributed by atoms with Crippen LogP contribution in [0.3, 0.4) is 0 Å². The molecule has 5 nitrogen and oxygen atoms in total. The molecule has 0 radical (unpaired) electrons. The first-order chi connectivity index (χ1) is 15.1. The molecule has 0 amide bonds. The molecule has 1 aliphatic heterocycles. The molecule has 4 rings (SSSR count). The largest absolute Gasteiger partial charge is 0.481 e. The molecule has 1 atom stereocenters. The number of pyridine rings is 1. The number of hydrogen-bond acceptors (Lipinski definition) is 4. The molecule has 2 aromatic rings. The van der Waals surface area contributed by atoms with Gasteiger partial charge < -0.3 is 15.7 Å². The summed E-state index contributed by atoms with van der Waals surface area (Å²) in [4.78, 5) is 15.4. The van der Waals surface area contributed by atoms with Crippen LogP contribution >= 0.6 is 0 Å². The monoisotopic (exact) mass is 445 g/mol. The Labute approximate surface area is 184 Å². The van der Waals surface area contributed by atoms with Crippen LogP contribution in [-0.4, -0.2) is 22.2 Å². The van der Waals surface area contributed by atoms with Crippen molar-refractivity contribution < 1.29 is 23.1 Å². The maximum atomic E-state index is 12.9. The van der Waals surface area contributed by atoms with Gasteiger partial charge in [-0.15, -0.1) is 0 Å². The third-order valence-corrected chi connectivity index (χ3v) is 6.51. The van der Waals surface area contributed by atoms with Crippen molar-refractivity contribution in [2.24, 2.45) is 0 Å². The first-order valence-electron chi connectivity index (χ1n) is 10.7. The van der Waals surface area contributed by atoms with Crippen molar-refractivity contribution in [1.29, 1.82) is 0 Å². The highest BCUT2D eigenvalue weighted by Crippen LogP contribution is 2.40. The molecular formula is C24H26F3N3O2. The van der Waals surface area contributed by atoms with Gasteiger partial charge in [-0.2, -0.15) is 13.2 Å². The van der Waals surface area contributed by atoms with Crippen molar-refractivity contribution in [2.45, 2.75) is 62.7 Å². The van der Waals surface area contributed by atoms with Crippen molar-refractivity contribution in [1.82, 2.24) is 15.6 Å². The zero-order valence-electron chi connectivity index (χ0n) is 17.7. The van der Waals surface area contributed by atoms with Crippen LogP contribution < -0.4 is 10.6 Å². The van der Waals surface area contributed by atoms with E-state index in [2.05, 4.69) is 15.6 Å². The number of nitrogens with one attached hydrogen (secondary N) is 2. The first-order valence-corrected chi connectivity index (χ1v) is 10.7. The summed E-state index contributed by atoms with van der Waals surface area (Å²) in [5.41, 5.74) is 1.82. The van der Waals surface area contributed by atoms with Crippen LogP contribution in [0.5, 0.6) is 0 Å². The number of carbonyl (C=O) groups is 1. The minimum absolute atomic E-state index is 0.0341. The number of carboxylic acid groups (broad SMARTS) is 1. The molecule has 8 heteroatoms.